The third-order valence-electron chi connectivity index (χ3n) is 5.20. The predicted molar refractivity (Wildman–Crippen MR) is 111 cm³/mol. The first-order valence-electron chi connectivity index (χ1n) is 9.03. The zero-order valence-electron chi connectivity index (χ0n) is 15.4. The van der Waals surface area contributed by atoms with Gasteiger partial charge in [0.1, 0.15) is 5.82 Å². The summed E-state index contributed by atoms with van der Waals surface area (Å²) in [4.78, 5) is 17.8. The van der Waals surface area contributed by atoms with Crippen molar-refractivity contribution >= 4 is 18.0 Å². The molecule has 3 aromatic rings. The Kier molecular flexibility index (Phi) is 4.68. The van der Waals surface area contributed by atoms with E-state index in [1.807, 2.05) is 54.0 Å². The molecule has 2 aromatic carbocycles. The standard InChI is InChI=1S/C21H22N4OS/c1-14-8-6-7-11-18(14)25-19-17(20(26)23-21(25)27)12-24(13-22-19)15(2)16-9-4-3-5-10-16/h3-11,15,22H,12-13H2,1-2H3,(H,23,26,27)/t15-/m1/s1. The van der Waals surface area contributed by atoms with Crippen molar-refractivity contribution in [2.75, 3.05) is 12.0 Å². The van der Waals surface area contributed by atoms with Gasteiger partial charge in [-0.15, -0.1) is 0 Å². The van der Waals surface area contributed by atoms with Crippen molar-refractivity contribution in [3.63, 3.8) is 0 Å². The molecule has 1 atom stereocenters. The zero-order chi connectivity index (χ0) is 19.0. The number of nitrogens with zero attached hydrogens (tertiary/aromatic N) is 2. The number of rotatable bonds is 3. The molecule has 1 aromatic heterocycles. The first-order chi connectivity index (χ1) is 13.1. The molecule has 0 radical (unpaired) electrons. The molecule has 2 N–H and O–H groups in total. The fraction of sp³-hybridized carbons (Fsp3) is 0.238. The molecule has 4 rings (SSSR count). The Hall–Kier alpha value is -2.70. The minimum absolute atomic E-state index is 0.128. The molecule has 0 aliphatic carbocycles. The number of hydrogen-bond donors (Lipinski definition) is 2. The highest BCUT2D eigenvalue weighted by Crippen LogP contribution is 2.29. The molecule has 1 aliphatic heterocycles. The van der Waals surface area contributed by atoms with Crippen LogP contribution in [0.3, 0.4) is 0 Å². The Morgan fingerprint density at radius 3 is 2.52 bits per heavy atom. The normalized spacial score (nSPS) is 15.0. The van der Waals surface area contributed by atoms with Crippen LogP contribution in [0, 0.1) is 11.7 Å². The summed E-state index contributed by atoms with van der Waals surface area (Å²) in [5, 5.41) is 3.44. The lowest BCUT2D eigenvalue weighted by molar-refractivity contribution is 0.207. The minimum Gasteiger partial charge on any atom is -0.358 e. The van der Waals surface area contributed by atoms with Gasteiger partial charge in [0.25, 0.3) is 5.56 Å². The summed E-state index contributed by atoms with van der Waals surface area (Å²) in [6.07, 6.45) is 0. The second kappa shape index (κ2) is 7.13. The molecule has 1 aliphatic rings. The second-order valence-electron chi connectivity index (χ2n) is 6.88. The number of para-hydroxylation sites is 1. The van der Waals surface area contributed by atoms with E-state index in [0.29, 0.717) is 23.5 Å². The van der Waals surface area contributed by atoms with Crippen LogP contribution < -0.4 is 10.9 Å². The number of aromatic nitrogens is 2. The van der Waals surface area contributed by atoms with Crippen LogP contribution in [-0.2, 0) is 6.54 Å². The quantitative estimate of drug-likeness (QED) is 0.672. The van der Waals surface area contributed by atoms with Gasteiger partial charge in [0, 0.05) is 12.6 Å². The van der Waals surface area contributed by atoms with Gasteiger partial charge in [-0.1, -0.05) is 48.5 Å². The van der Waals surface area contributed by atoms with Gasteiger partial charge in [-0.2, -0.15) is 0 Å². The maximum Gasteiger partial charge on any atom is 0.258 e. The van der Waals surface area contributed by atoms with Crippen molar-refractivity contribution in [2.24, 2.45) is 0 Å². The molecular weight excluding hydrogens is 356 g/mol. The summed E-state index contributed by atoms with van der Waals surface area (Å²) in [6, 6.07) is 18.6. The average molecular weight is 379 g/mol. The molecule has 5 nitrogen and oxygen atoms in total. The van der Waals surface area contributed by atoms with E-state index in [2.05, 4.69) is 34.3 Å². The van der Waals surface area contributed by atoms with Crippen molar-refractivity contribution in [1.82, 2.24) is 14.5 Å². The fourth-order valence-corrected chi connectivity index (χ4v) is 3.88. The molecule has 6 heteroatoms. The Balaban J connectivity index is 1.77. The molecule has 27 heavy (non-hydrogen) atoms. The number of nitrogens with one attached hydrogen (secondary N) is 2. The molecule has 0 unspecified atom stereocenters. The summed E-state index contributed by atoms with van der Waals surface area (Å²) in [6.45, 7) is 5.41. The van der Waals surface area contributed by atoms with E-state index in [0.717, 1.165) is 17.1 Å². The number of aromatic amines is 1. The van der Waals surface area contributed by atoms with E-state index in [1.165, 1.54) is 5.56 Å². The van der Waals surface area contributed by atoms with Crippen molar-refractivity contribution in [3.05, 3.63) is 86.4 Å². The van der Waals surface area contributed by atoms with E-state index >= 15 is 0 Å². The zero-order valence-corrected chi connectivity index (χ0v) is 16.2. The number of hydrogen-bond acceptors (Lipinski definition) is 4. The topological polar surface area (TPSA) is 53.1 Å². The maximum atomic E-state index is 12.7. The van der Waals surface area contributed by atoms with Gasteiger partial charge in [-0.3, -0.25) is 19.2 Å². The van der Waals surface area contributed by atoms with Crippen molar-refractivity contribution < 1.29 is 0 Å². The molecule has 0 saturated carbocycles. The van der Waals surface area contributed by atoms with Gasteiger partial charge < -0.3 is 5.32 Å². The molecule has 0 bridgehead atoms. The molecule has 2 heterocycles. The first kappa shape index (κ1) is 17.7. The van der Waals surface area contributed by atoms with Crippen LogP contribution in [-0.4, -0.2) is 21.1 Å². The van der Waals surface area contributed by atoms with E-state index < -0.39 is 0 Å². The lowest BCUT2D eigenvalue weighted by Gasteiger charge is -2.35. The van der Waals surface area contributed by atoms with E-state index in [4.69, 9.17) is 12.2 Å². The lowest BCUT2D eigenvalue weighted by atomic mass is 10.1. The molecule has 0 fully saturated rings. The lowest BCUT2D eigenvalue weighted by Crippen LogP contribution is -2.40. The van der Waals surface area contributed by atoms with Crippen molar-refractivity contribution in [1.29, 1.82) is 0 Å². The molecular formula is C21H22N4OS. The van der Waals surface area contributed by atoms with Gasteiger partial charge in [0.15, 0.2) is 4.77 Å². The Labute approximate surface area is 163 Å². The van der Waals surface area contributed by atoms with Gasteiger partial charge in [-0.25, -0.2) is 0 Å². The van der Waals surface area contributed by atoms with E-state index in [1.54, 1.807) is 0 Å². The van der Waals surface area contributed by atoms with E-state index in [-0.39, 0.29) is 11.6 Å². The average Bonchev–Trinajstić information content (AvgIpc) is 2.69. The summed E-state index contributed by atoms with van der Waals surface area (Å²) in [5.41, 5.74) is 3.89. The van der Waals surface area contributed by atoms with Crippen LogP contribution in [0.25, 0.3) is 5.69 Å². The molecule has 0 amide bonds. The Bertz CT molecular complexity index is 1090. The molecule has 138 valence electrons. The minimum atomic E-state index is -0.128. The van der Waals surface area contributed by atoms with Crippen LogP contribution in [0.2, 0.25) is 0 Å². The molecule has 0 saturated heterocycles. The van der Waals surface area contributed by atoms with E-state index in [9.17, 15) is 4.79 Å². The third kappa shape index (κ3) is 3.22. The fourth-order valence-electron chi connectivity index (χ4n) is 3.60. The number of fused-ring (bicyclic) bond motifs is 1. The summed E-state index contributed by atoms with van der Waals surface area (Å²) in [7, 11) is 0. The summed E-state index contributed by atoms with van der Waals surface area (Å²) >= 11 is 5.48. The highest BCUT2D eigenvalue weighted by molar-refractivity contribution is 7.71. The SMILES string of the molecule is Cc1ccccc1-n1c2c(c(=O)[nH]c1=S)CN([C@H](C)c1ccccc1)CN2. The summed E-state index contributed by atoms with van der Waals surface area (Å²) in [5.74, 6) is 0.787. The van der Waals surface area contributed by atoms with Crippen LogP contribution in [0.1, 0.15) is 29.7 Å². The van der Waals surface area contributed by atoms with Gasteiger partial charge in [0.05, 0.1) is 17.9 Å². The van der Waals surface area contributed by atoms with Crippen molar-refractivity contribution in [3.8, 4) is 5.69 Å². The monoisotopic (exact) mass is 378 g/mol. The van der Waals surface area contributed by atoms with Crippen LogP contribution in [0.15, 0.2) is 59.4 Å². The van der Waals surface area contributed by atoms with Gasteiger partial charge in [-0.05, 0) is 43.3 Å². The Morgan fingerprint density at radius 1 is 1.07 bits per heavy atom. The Morgan fingerprint density at radius 2 is 1.78 bits per heavy atom. The van der Waals surface area contributed by atoms with Gasteiger partial charge >= 0.3 is 0 Å². The van der Waals surface area contributed by atoms with Crippen molar-refractivity contribution in [2.45, 2.75) is 26.4 Å². The summed E-state index contributed by atoms with van der Waals surface area (Å²) < 4.78 is 2.34. The smallest absolute Gasteiger partial charge is 0.258 e. The largest absolute Gasteiger partial charge is 0.358 e. The first-order valence-corrected chi connectivity index (χ1v) is 9.44. The van der Waals surface area contributed by atoms with Gasteiger partial charge in [0.2, 0.25) is 0 Å². The highest BCUT2D eigenvalue weighted by atomic mass is 32.1. The van der Waals surface area contributed by atoms with Crippen LogP contribution >= 0.6 is 12.2 Å². The number of H-pyrrole nitrogens is 1. The number of anilines is 1. The van der Waals surface area contributed by atoms with Crippen LogP contribution in [0.5, 0.6) is 0 Å². The number of aryl methyl sites for hydroxylation is 1. The number of benzene rings is 2. The van der Waals surface area contributed by atoms with Crippen LogP contribution in [0.4, 0.5) is 5.82 Å². The third-order valence-corrected chi connectivity index (χ3v) is 5.49. The predicted octanol–water partition coefficient (Wildman–Crippen LogP) is 4.15. The highest BCUT2D eigenvalue weighted by Gasteiger charge is 2.26. The second-order valence-corrected chi connectivity index (χ2v) is 7.26. The molecule has 0 spiro atoms. The maximum absolute atomic E-state index is 12.7.